The van der Waals surface area contributed by atoms with E-state index in [1.54, 1.807) is 0 Å². The van der Waals surface area contributed by atoms with Crippen LogP contribution in [0.3, 0.4) is 0 Å². The minimum Gasteiger partial charge on any atom is -0.491 e. The molecule has 5 heteroatoms. The van der Waals surface area contributed by atoms with Crippen molar-refractivity contribution in [3.63, 3.8) is 0 Å². The minimum atomic E-state index is -0.477. The highest BCUT2D eigenvalue weighted by molar-refractivity contribution is 5.33. The van der Waals surface area contributed by atoms with Gasteiger partial charge in [-0.1, -0.05) is 37.5 Å². The molecule has 29 heavy (non-hydrogen) atoms. The average molecular weight is 398 g/mol. The van der Waals surface area contributed by atoms with Crippen LogP contribution in [0.2, 0.25) is 0 Å². The molecule has 3 rings (SSSR count). The van der Waals surface area contributed by atoms with Crippen LogP contribution in [0, 0.1) is 0 Å². The standard InChI is InChI=1S/C24H35N3O2/c1-27(22-8-3-2-4-9-22)18-23(28)19-29-24-10-6-5-7-21(24)17-26-16-13-20-11-14-25-15-12-20/h5-7,10-12,14-15,22-23,26,28H,2-4,8-9,13,16-19H2,1H3/t23-/m1/s1. The Bertz CT molecular complexity index is 704. The topological polar surface area (TPSA) is 57.6 Å². The van der Waals surface area contributed by atoms with E-state index in [2.05, 4.69) is 28.3 Å². The highest BCUT2D eigenvalue weighted by atomic mass is 16.5. The number of nitrogens with one attached hydrogen (secondary N) is 1. The van der Waals surface area contributed by atoms with E-state index in [0.717, 1.165) is 30.8 Å². The molecule has 5 nitrogen and oxygen atoms in total. The van der Waals surface area contributed by atoms with Crippen molar-refractivity contribution in [2.24, 2.45) is 0 Å². The molecule has 1 heterocycles. The minimum absolute atomic E-state index is 0.324. The highest BCUT2D eigenvalue weighted by Gasteiger charge is 2.20. The third-order valence-corrected chi connectivity index (χ3v) is 5.76. The number of para-hydroxylation sites is 1. The lowest BCUT2D eigenvalue weighted by atomic mass is 9.94. The largest absolute Gasteiger partial charge is 0.491 e. The van der Waals surface area contributed by atoms with E-state index in [9.17, 15) is 5.11 Å². The average Bonchev–Trinajstić information content (AvgIpc) is 2.77. The highest BCUT2D eigenvalue weighted by Crippen LogP contribution is 2.22. The van der Waals surface area contributed by atoms with Crippen LogP contribution in [0.4, 0.5) is 0 Å². The number of pyridine rings is 1. The number of nitrogens with zero attached hydrogens (tertiary/aromatic N) is 2. The Kier molecular flexibility index (Phi) is 8.93. The second-order valence-electron chi connectivity index (χ2n) is 8.09. The first kappa shape index (κ1) is 21.8. The molecule has 0 aliphatic heterocycles. The fourth-order valence-electron chi connectivity index (χ4n) is 4.04. The van der Waals surface area contributed by atoms with E-state index in [-0.39, 0.29) is 0 Å². The molecule has 1 aliphatic carbocycles. The number of benzene rings is 1. The summed E-state index contributed by atoms with van der Waals surface area (Å²) in [5.74, 6) is 0.850. The van der Waals surface area contributed by atoms with Gasteiger partial charge in [-0.25, -0.2) is 0 Å². The van der Waals surface area contributed by atoms with Gasteiger partial charge in [0.2, 0.25) is 0 Å². The maximum Gasteiger partial charge on any atom is 0.123 e. The zero-order valence-electron chi connectivity index (χ0n) is 17.6. The SMILES string of the molecule is CN(C[C@@H](O)COc1ccccc1CNCCc1ccncc1)C1CCCCC1. The number of hydrogen-bond acceptors (Lipinski definition) is 5. The Morgan fingerprint density at radius 2 is 1.90 bits per heavy atom. The summed E-state index contributed by atoms with van der Waals surface area (Å²) in [4.78, 5) is 6.36. The number of ether oxygens (including phenoxy) is 1. The van der Waals surface area contributed by atoms with E-state index in [0.29, 0.717) is 19.2 Å². The third-order valence-electron chi connectivity index (χ3n) is 5.76. The fraction of sp³-hybridized carbons (Fsp3) is 0.542. The Labute approximate surface area is 175 Å². The van der Waals surface area contributed by atoms with Crippen LogP contribution < -0.4 is 10.1 Å². The van der Waals surface area contributed by atoms with Gasteiger partial charge < -0.3 is 20.1 Å². The molecular weight excluding hydrogens is 362 g/mol. The molecule has 0 unspecified atom stereocenters. The van der Waals surface area contributed by atoms with Gasteiger partial charge in [-0.3, -0.25) is 4.98 Å². The molecule has 2 N–H and O–H groups in total. The van der Waals surface area contributed by atoms with Gasteiger partial charge in [0, 0.05) is 37.1 Å². The van der Waals surface area contributed by atoms with Crippen LogP contribution in [0.25, 0.3) is 0 Å². The Morgan fingerprint density at radius 1 is 1.14 bits per heavy atom. The van der Waals surface area contributed by atoms with Gasteiger partial charge in [0.1, 0.15) is 18.5 Å². The van der Waals surface area contributed by atoms with Gasteiger partial charge in [-0.15, -0.1) is 0 Å². The second kappa shape index (κ2) is 11.9. The van der Waals surface area contributed by atoms with E-state index >= 15 is 0 Å². The van der Waals surface area contributed by atoms with Gasteiger partial charge in [-0.05, 0) is 56.6 Å². The third kappa shape index (κ3) is 7.42. The summed E-state index contributed by atoms with van der Waals surface area (Å²) in [5, 5.41) is 13.9. The van der Waals surface area contributed by atoms with Crippen molar-refractivity contribution in [2.75, 3.05) is 26.7 Å². The number of aromatic nitrogens is 1. The van der Waals surface area contributed by atoms with Crippen LogP contribution in [-0.2, 0) is 13.0 Å². The van der Waals surface area contributed by atoms with Crippen LogP contribution in [0.15, 0.2) is 48.8 Å². The molecule has 1 aromatic carbocycles. The maximum absolute atomic E-state index is 10.5. The predicted molar refractivity (Wildman–Crippen MR) is 117 cm³/mol. The first-order chi connectivity index (χ1) is 14.2. The molecule has 0 amide bonds. The Hall–Kier alpha value is -1.95. The molecule has 0 saturated heterocycles. The molecule has 1 saturated carbocycles. The quantitative estimate of drug-likeness (QED) is 0.569. The number of aliphatic hydroxyl groups excluding tert-OH is 1. The normalized spacial score (nSPS) is 16.1. The molecule has 1 aliphatic rings. The number of rotatable bonds is 11. The lowest BCUT2D eigenvalue weighted by molar-refractivity contribution is 0.0558. The molecule has 0 spiro atoms. The molecular formula is C24H35N3O2. The summed E-state index contributed by atoms with van der Waals surface area (Å²) in [6.45, 7) is 2.63. The Morgan fingerprint density at radius 3 is 2.69 bits per heavy atom. The van der Waals surface area contributed by atoms with Crippen molar-refractivity contribution in [3.8, 4) is 5.75 Å². The van der Waals surface area contributed by atoms with Crippen LogP contribution in [0.1, 0.15) is 43.2 Å². The fourth-order valence-corrected chi connectivity index (χ4v) is 4.04. The van der Waals surface area contributed by atoms with Crippen molar-refractivity contribution in [1.82, 2.24) is 15.2 Å². The van der Waals surface area contributed by atoms with E-state index in [1.165, 1.54) is 37.7 Å². The van der Waals surface area contributed by atoms with E-state index in [1.807, 2.05) is 42.7 Å². The van der Waals surface area contributed by atoms with Crippen LogP contribution in [0.5, 0.6) is 5.75 Å². The smallest absolute Gasteiger partial charge is 0.123 e. The molecule has 1 aromatic heterocycles. The van der Waals surface area contributed by atoms with Gasteiger partial charge >= 0.3 is 0 Å². The molecule has 1 atom stereocenters. The summed E-state index contributed by atoms with van der Waals surface area (Å²) in [7, 11) is 2.12. The summed E-state index contributed by atoms with van der Waals surface area (Å²) >= 11 is 0. The van der Waals surface area contributed by atoms with Crippen molar-refractivity contribution in [1.29, 1.82) is 0 Å². The van der Waals surface area contributed by atoms with Crippen molar-refractivity contribution < 1.29 is 9.84 Å². The lowest BCUT2D eigenvalue weighted by Crippen LogP contribution is -2.40. The van der Waals surface area contributed by atoms with Crippen molar-refractivity contribution in [3.05, 3.63) is 59.9 Å². The maximum atomic E-state index is 10.5. The van der Waals surface area contributed by atoms with Crippen LogP contribution in [-0.4, -0.2) is 53.9 Å². The zero-order valence-corrected chi connectivity index (χ0v) is 17.6. The molecule has 2 aromatic rings. The monoisotopic (exact) mass is 397 g/mol. The molecule has 0 bridgehead atoms. The van der Waals surface area contributed by atoms with Crippen molar-refractivity contribution >= 4 is 0 Å². The van der Waals surface area contributed by atoms with Gasteiger partial charge in [-0.2, -0.15) is 0 Å². The molecule has 158 valence electrons. The lowest BCUT2D eigenvalue weighted by Gasteiger charge is -2.32. The summed E-state index contributed by atoms with van der Waals surface area (Å²) in [6, 6.07) is 12.8. The number of likely N-dealkylation sites (N-methyl/N-ethyl adjacent to an activating group) is 1. The number of hydrogen-bond donors (Lipinski definition) is 2. The zero-order chi connectivity index (χ0) is 20.3. The van der Waals surface area contributed by atoms with Crippen LogP contribution >= 0.6 is 0 Å². The first-order valence-corrected chi connectivity index (χ1v) is 10.9. The van der Waals surface area contributed by atoms with Gasteiger partial charge in [0.25, 0.3) is 0 Å². The summed E-state index contributed by atoms with van der Waals surface area (Å²) < 4.78 is 5.98. The summed E-state index contributed by atoms with van der Waals surface area (Å²) in [5.41, 5.74) is 2.40. The summed E-state index contributed by atoms with van der Waals surface area (Å²) in [6.07, 6.45) is 10.6. The number of aliphatic hydroxyl groups is 1. The first-order valence-electron chi connectivity index (χ1n) is 10.9. The second-order valence-corrected chi connectivity index (χ2v) is 8.09. The Balaban J connectivity index is 1.41. The van der Waals surface area contributed by atoms with E-state index < -0.39 is 6.10 Å². The van der Waals surface area contributed by atoms with E-state index in [4.69, 9.17) is 4.74 Å². The van der Waals surface area contributed by atoms with Crippen molar-refractivity contribution in [2.45, 2.75) is 57.2 Å². The molecule has 1 fully saturated rings. The predicted octanol–water partition coefficient (Wildman–Crippen LogP) is 3.42. The van der Waals surface area contributed by atoms with Gasteiger partial charge in [0.05, 0.1) is 0 Å². The molecule has 0 radical (unpaired) electrons. The van der Waals surface area contributed by atoms with Gasteiger partial charge in [0.15, 0.2) is 0 Å².